The fraction of sp³-hybridized carbons (Fsp3) is 0. The van der Waals surface area contributed by atoms with Crippen molar-refractivity contribution in [1.29, 1.82) is 0 Å². The maximum atomic E-state index is 13.2. The van der Waals surface area contributed by atoms with E-state index in [1.165, 1.54) is 12.3 Å². The van der Waals surface area contributed by atoms with Gasteiger partial charge in [0.25, 0.3) is 11.6 Å². The van der Waals surface area contributed by atoms with Crippen molar-refractivity contribution in [3.8, 4) is 0 Å². The van der Waals surface area contributed by atoms with Crippen molar-refractivity contribution in [1.82, 2.24) is 4.98 Å². The van der Waals surface area contributed by atoms with Crippen LogP contribution in [0.5, 0.6) is 0 Å². The lowest BCUT2D eigenvalue weighted by molar-refractivity contribution is -0.385. The van der Waals surface area contributed by atoms with Gasteiger partial charge in [-0.05, 0) is 40.8 Å². The van der Waals surface area contributed by atoms with E-state index in [2.05, 4.69) is 10.3 Å². The lowest BCUT2D eigenvalue weighted by Gasteiger charge is -2.06. The van der Waals surface area contributed by atoms with Gasteiger partial charge in [0.1, 0.15) is 11.4 Å². The van der Waals surface area contributed by atoms with E-state index in [4.69, 9.17) is 0 Å². The monoisotopic (exact) mass is 405 g/mol. The van der Waals surface area contributed by atoms with Crippen LogP contribution in [0.25, 0.3) is 0 Å². The minimum atomic E-state index is -1.40. The van der Waals surface area contributed by atoms with Gasteiger partial charge in [-0.3, -0.25) is 14.9 Å². The van der Waals surface area contributed by atoms with E-state index in [-0.39, 0.29) is 5.82 Å². The molecule has 9 heteroatoms. The quantitative estimate of drug-likeness (QED) is 0.483. The number of nitrogens with one attached hydrogen (secondary N) is 1. The number of amides is 1. The Labute approximate surface area is 130 Å². The normalized spacial score (nSPS) is 10.2. The van der Waals surface area contributed by atoms with Crippen LogP contribution >= 0.6 is 22.6 Å². The van der Waals surface area contributed by atoms with Crippen LogP contribution in [0.4, 0.5) is 20.3 Å². The molecule has 0 atom stereocenters. The predicted octanol–water partition coefficient (Wildman–Crippen LogP) is 3.12. The molecular formula is C12H6F2IN3O3. The highest BCUT2D eigenvalue weighted by atomic mass is 127. The first-order valence-electron chi connectivity index (χ1n) is 5.45. The number of nitro groups is 1. The Bertz CT molecular complexity index is 722. The molecule has 1 heterocycles. The third-order valence-corrected chi connectivity index (χ3v) is 3.09. The van der Waals surface area contributed by atoms with Gasteiger partial charge in [0.15, 0.2) is 11.6 Å². The second kappa shape index (κ2) is 6.08. The molecule has 2 rings (SSSR count). The van der Waals surface area contributed by atoms with Crippen molar-refractivity contribution in [3.63, 3.8) is 0 Å². The lowest BCUT2D eigenvalue weighted by atomic mass is 10.1. The van der Waals surface area contributed by atoms with Crippen LogP contribution in [0.1, 0.15) is 10.4 Å². The van der Waals surface area contributed by atoms with Crippen molar-refractivity contribution in [2.75, 3.05) is 5.32 Å². The second-order valence-electron chi connectivity index (χ2n) is 3.86. The first-order valence-corrected chi connectivity index (χ1v) is 6.52. The molecule has 2 aromatic rings. The summed E-state index contributed by atoms with van der Waals surface area (Å²) in [4.78, 5) is 25.7. The first kappa shape index (κ1) is 15.2. The number of aromatic nitrogens is 1. The molecule has 1 N–H and O–H groups in total. The van der Waals surface area contributed by atoms with Crippen LogP contribution in [0.3, 0.4) is 0 Å². The number of hydrogen-bond donors (Lipinski definition) is 1. The van der Waals surface area contributed by atoms with Gasteiger partial charge in [-0.25, -0.2) is 13.8 Å². The maximum absolute atomic E-state index is 13.2. The summed E-state index contributed by atoms with van der Waals surface area (Å²) >= 11 is 2.01. The van der Waals surface area contributed by atoms with Crippen molar-refractivity contribution < 1.29 is 18.5 Å². The van der Waals surface area contributed by atoms with E-state index >= 15 is 0 Å². The Balaban J connectivity index is 2.36. The summed E-state index contributed by atoms with van der Waals surface area (Å²) in [6.07, 6.45) is 1.47. The van der Waals surface area contributed by atoms with Gasteiger partial charge in [-0.1, -0.05) is 0 Å². The van der Waals surface area contributed by atoms with E-state index in [1.807, 2.05) is 22.6 Å². The summed E-state index contributed by atoms with van der Waals surface area (Å²) in [6.45, 7) is 0. The van der Waals surface area contributed by atoms with Gasteiger partial charge < -0.3 is 5.32 Å². The standard InChI is InChI=1S/C12H6F2IN3O3/c13-8-3-7(10(18(20)21)4-9(8)14)12(19)17-11-2-1-6(15)5-16-11/h1-5H,(H,16,17,19). The van der Waals surface area contributed by atoms with Crippen molar-refractivity contribution >= 4 is 40.0 Å². The molecule has 0 unspecified atom stereocenters. The molecule has 1 amide bonds. The molecule has 0 saturated carbocycles. The molecular weight excluding hydrogens is 399 g/mol. The van der Waals surface area contributed by atoms with Crippen LogP contribution < -0.4 is 5.32 Å². The van der Waals surface area contributed by atoms with Crippen LogP contribution in [0, 0.1) is 25.3 Å². The fourth-order valence-corrected chi connectivity index (χ4v) is 1.82. The summed E-state index contributed by atoms with van der Waals surface area (Å²) < 4.78 is 27.0. The predicted molar refractivity (Wildman–Crippen MR) is 77.9 cm³/mol. The third-order valence-electron chi connectivity index (χ3n) is 2.45. The highest BCUT2D eigenvalue weighted by Crippen LogP contribution is 2.23. The Hall–Kier alpha value is -2.17. The summed E-state index contributed by atoms with van der Waals surface area (Å²) in [5, 5.41) is 13.1. The lowest BCUT2D eigenvalue weighted by Crippen LogP contribution is -2.15. The molecule has 0 bridgehead atoms. The number of benzene rings is 1. The van der Waals surface area contributed by atoms with Crippen molar-refractivity contribution in [2.24, 2.45) is 0 Å². The van der Waals surface area contributed by atoms with E-state index in [0.29, 0.717) is 12.1 Å². The molecule has 0 saturated heterocycles. The van der Waals surface area contributed by atoms with Gasteiger partial charge in [0, 0.05) is 9.77 Å². The van der Waals surface area contributed by atoms with Crippen LogP contribution in [0.15, 0.2) is 30.5 Å². The molecule has 0 aliphatic rings. The van der Waals surface area contributed by atoms with E-state index in [0.717, 1.165) is 3.57 Å². The SMILES string of the molecule is O=C(Nc1ccc(I)cn1)c1cc(F)c(F)cc1[N+](=O)[O-]. The summed E-state index contributed by atoms with van der Waals surface area (Å²) in [7, 11) is 0. The fourth-order valence-electron chi connectivity index (χ4n) is 1.50. The summed E-state index contributed by atoms with van der Waals surface area (Å²) in [5.74, 6) is -3.55. The van der Waals surface area contributed by atoms with Gasteiger partial charge in [0.2, 0.25) is 0 Å². The van der Waals surface area contributed by atoms with Crippen molar-refractivity contribution in [3.05, 3.63) is 61.3 Å². The molecule has 0 spiro atoms. The number of anilines is 1. The number of hydrogen-bond acceptors (Lipinski definition) is 4. The smallest absolute Gasteiger partial charge is 0.285 e. The Morgan fingerprint density at radius 1 is 1.29 bits per heavy atom. The number of halogens is 3. The Morgan fingerprint density at radius 2 is 1.95 bits per heavy atom. The second-order valence-corrected chi connectivity index (χ2v) is 5.10. The highest BCUT2D eigenvalue weighted by molar-refractivity contribution is 14.1. The van der Waals surface area contributed by atoms with E-state index in [1.54, 1.807) is 6.07 Å². The third kappa shape index (κ3) is 3.48. The number of carbonyl (C=O) groups is 1. The number of pyridine rings is 1. The van der Waals surface area contributed by atoms with E-state index in [9.17, 15) is 23.7 Å². The molecule has 108 valence electrons. The minimum Gasteiger partial charge on any atom is -0.306 e. The van der Waals surface area contributed by atoms with Crippen LogP contribution in [-0.4, -0.2) is 15.8 Å². The topological polar surface area (TPSA) is 85.1 Å². The minimum absolute atomic E-state index is 0.138. The number of nitrogens with zero attached hydrogens (tertiary/aromatic N) is 2. The zero-order valence-electron chi connectivity index (χ0n) is 10.1. The van der Waals surface area contributed by atoms with Gasteiger partial charge in [0.05, 0.1) is 11.0 Å². The van der Waals surface area contributed by atoms with Crippen LogP contribution in [0.2, 0.25) is 0 Å². The number of carbonyl (C=O) groups excluding carboxylic acids is 1. The molecule has 21 heavy (non-hydrogen) atoms. The largest absolute Gasteiger partial charge is 0.306 e. The Kier molecular flexibility index (Phi) is 4.40. The zero-order chi connectivity index (χ0) is 15.6. The summed E-state index contributed by atoms with van der Waals surface area (Å²) in [5.41, 5.74) is -1.41. The van der Waals surface area contributed by atoms with Crippen molar-refractivity contribution in [2.45, 2.75) is 0 Å². The first-order chi connectivity index (χ1) is 9.88. The van der Waals surface area contributed by atoms with E-state index < -0.39 is 33.7 Å². The van der Waals surface area contributed by atoms with Crippen LogP contribution in [-0.2, 0) is 0 Å². The maximum Gasteiger partial charge on any atom is 0.285 e. The molecule has 1 aromatic carbocycles. The van der Waals surface area contributed by atoms with Gasteiger partial charge >= 0.3 is 0 Å². The average molecular weight is 405 g/mol. The number of rotatable bonds is 3. The molecule has 6 nitrogen and oxygen atoms in total. The van der Waals surface area contributed by atoms with Gasteiger partial charge in [-0.2, -0.15) is 0 Å². The average Bonchev–Trinajstić information content (AvgIpc) is 2.43. The molecule has 0 radical (unpaired) electrons. The summed E-state index contributed by atoms with van der Waals surface area (Å²) in [6, 6.07) is 3.98. The molecule has 0 fully saturated rings. The number of nitro benzene ring substituents is 1. The highest BCUT2D eigenvalue weighted by Gasteiger charge is 2.24. The molecule has 1 aromatic heterocycles. The van der Waals surface area contributed by atoms with Gasteiger partial charge in [-0.15, -0.1) is 0 Å². The molecule has 0 aliphatic heterocycles. The molecule has 0 aliphatic carbocycles. The Morgan fingerprint density at radius 3 is 2.52 bits per heavy atom. The zero-order valence-corrected chi connectivity index (χ0v) is 12.3.